The van der Waals surface area contributed by atoms with Crippen molar-refractivity contribution in [3.63, 3.8) is 0 Å². The van der Waals surface area contributed by atoms with E-state index in [1.54, 1.807) is 24.3 Å². The lowest BCUT2D eigenvalue weighted by Crippen LogP contribution is -2.35. The number of carbonyl (C=O) groups excluding carboxylic acids is 1. The van der Waals surface area contributed by atoms with E-state index < -0.39 is 18.2 Å². The van der Waals surface area contributed by atoms with Crippen LogP contribution in [-0.2, 0) is 4.74 Å². The van der Waals surface area contributed by atoms with E-state index in [1.165, 1.54) is 25.3 Å². The molecule has 0 aromatic heterocycles. The number of aliphatic hydroxyl groups excluding tert-OH is 1. The van der Waals surface area contributed by atoms with E-state index in [0.717, 1.165) is 0 Å². The molecule has 0 radical (unpaired) electrons. The first-order chi connectivity index (χ1) is 11.1. The lowest BCUT2D eigenvalue weighted by Gasteiger charge is -2.30. The first kappa shape index (κ1) is 15.2. The number of esters is 1. The molecule has 0 aliphatic carbocycles. The third-order valence-electron chi connectivity index (χ3n) is 3.61. The molecule has 2 N–H and O–H groups in total. The van der Waals surface area contributed by atoms with Crippen LogP contribution < -0.4 is 9.47 Å². The minimum atomic E-state index is -0.951. The number of benzene rings is 2. The Morgan fingerprint density at radius 1 is 1.26 bits per heavy atom. The van der Waals surface area contributed by atoms with Gasteiger partial charge in [-0.25, -0.2) is 4.79 Å². The van der Waals surface area contributed by atoms with Crippen LogP contribution >= 0.6 is 0 Å². The summed E-state index contributed by atoms with van der Waals surface area (Å²) in [4.78, 5) is 11.5. The summed E-state index contributed by atoms with van der Waals surface area (Å²) in [7, 11) is 1.30. The Balaban J connectivity index is 1.80. The van der Waals surface area contributed by atoms with E-state index in [-0.39, 0.29) is 12.4 Å². The fraction of sp³-hybridized carbons (Fsp3) is 0.235. The first-order valence-corrected chi connectivity index (χ1v) is 7.07. The van der Waals surface area contributed by atoms with E-state index in [9.17, 15) is 15.0 Å². The van der Waals surface area contributed by atoms with Gasteiger partial charge in [0.2, 0.25) is 0 Å². The normalized spacial score (nSPS) is 19.4. The predicted molar refractivity (Wildman–Crippen MR) is 80.8 cm³/mol. The standard InChI is InChI=1S/C17H16O6/c1-21-17(20)10-3-2-4-12(7-10)23-15-9-22-14-6-5-11(18)8-13(14)16(15)19/h2-8,15-16,18-19H,9H2,1H3/t15-,16+/m1/s1. The van der Waals surface area contributed by atoms with Crippen LogP contribution in [0.2, 0.25) is 0 Å². The number of carbonyl (C=O) groups is 1. The fourth-order valence-corrected chi connectivity index (χ4v) is 2.45. The maximum atomic E-state index is 11.5. The lowest BCUT2D eigenvalue weighted by atomic mass is 10.0. The molecule has 0 spiro atoms. The van der Waals surface area contributed by atoms with E-state index in [2.05, 4.69) is 4.74 Å². The average Bonchev–Trinajstić information content (AvgIpc) is 2.57. The first-order valence-electron chi connectivity index (χ1n) is 7.07. The molecular formula is C17H16O6. The molecule has 2 aromatic carbocycles. The van der Waals surface area contributed by atoms with Crippen LogP contribution in [0.5, 0.6) is 17.2 Å². The van der Waals surface area contributed by atoms with Crippen molar-refractivity contribution >= 4 is 5.97 Å². The number of hydrogen-bond acceptors (Lipinski definition) is 6. The van der Waals surface area contributed by atoms with Crippen molar-refractivity contribution in [1.82, 2.24) is 0 Å². The molecule has 1 aliphatic rings. The largest absolute Gasteiger partial charge is 0.508 e. The highest BCUT2D eigenvalue weighted by molar-refractivity contribution is 5.89. The molecule has 6 heteroatoms. The van der Waals surface area contributed by atoms with Crippen LogP contribution in [0.1, 0.15) is 22.0 Å². The summed E-state index contributed by atoms with van der Waals surface area (Å²) >= 11 is 0. The van der Waals surface area contributed by atoms with Crippen LogP contribution in [0.4, 0.5) is 0 Å². The monoisotopic (exact) mass is 316 g/mol. The quantitative estimate of drug-likeness (QED) is 0.843. The SMILES string of the molecule is COC(=O)c1cccc(O[C@@H]2COc3ccc(O)cc3[C@@H]2O)c1. The molecular weight excluding hydrogens is 300 g/mol. The van der Waals surface area contributed by atoms with Crippen LogP contribution in [0.3, 0.4) is 0 Å². The molecule has 120 valence electrons. The Labute approximate surface area is 132 Å². The second-order valence-corrected chi connectivity index (χ2v) is 5.15. The van der Waals surface area contributed by atoms with Gasteiger partial charge in [0.25, 0.3) is 0 Å². The topological polar surface area (TPSA) is 85.2 Å². The number of methoxy groups -OCH3 is 1. The maximum Gasteiger partial charge on any atom is 0.337 e. The summed E-state index contributed by atoms with van der Waals surface area (Å²) in [6.45, 7) is 0.154. The number of fused-ring (bicyclic) bond motifs is 1. The van der Waals surface area contributed by atoms with Crippen LogP contribution in [-0.4, -0.2) is 36.0 Å². The van der Waals surface area contributed by atoms with Gasteiger partial charge in [-0.15, -0.1) is 0 Å². The summed E-state index contributed by atoms with van der Waals surface area (Å²) in [5.41, 5.74) is 0.819. The van der Waals surface area contributed by atoms with Crippen molar-refractivity contribution < 1.29 is 29.2 Å². The smallest absolute Gasteiger partial charge is 0.337 e. The number of aromatic hydroxyl groups is 1. The molecule has 0 amide bonds. The van der Waals surface area contributed by atoms with E-state index in [0.29, 0.717) is 22.6 Å². The van der Waals surface area contributed by atoms with Crippen molar-refractivity contribution in [2.45, 2.75) is 12.2 Å². The Morgan fingerprint density at radius 2 is 2.09 bits per heavy atom. The molecule has 0 saturated carbocycles. The second-order valence-electron chi connectivity index (χ2n) is 5.15. The minimum Gasteiger partial charge on any atom is -0.508 e. The van der Waals surface area contributed by atoms with Gasteiger partial charge in [-0.3, -0.25) is 0 Å². The molecule has 1 aliphatic heterocycles. The van der Waals surface area contributed by atoms with Crippen LogP contribution in [0.25, 0.3) is 0 Å². The van der Waals surface area contributed by atoms with Gasteiger partial charge in [-0.05, 0) is 36.4 Å². The molecule has 0 fully saturated rings. The molecule has 0 saturated heterocycles. The van der Waals surface area contributed by atoms with E-state index >= 15 is 0 Å². The maximum absolute atomic E-state index is 11.5. The Kier molecular flexibility index (Phi) is 4.08. The van der Waals surface area contributed by atoms with Gasteiger partial charge in [-0.1, -0.05) is 6.07 Å². The highest BCUT2D eigenvalue weighted by atomic mass is 16.5. The van der Waals surface area contributed by atoms with Crippen molar-refractivity contribution in [2.75, 3.05) is 13.7 Å². The van der Waals surface area contributed by atoms with Crippen molar-refractivity contribution in [3.8, 4) is 17.2 Å². The second kappa shape index (κ2) is 6.18. The summed E-state index contributed by atoms with van der Waals surface area (Å²) < 4.78 is 15.9. The van der Waals surface area contributed by atoms with Gasteiger partial charge in [0, 0.05) is 5.56 Å². The van der Waals surface area contributed by atoms with Crippen molar-refractivity contribution in [2.24, 2.45) is 0 Å². The summed E-state index contributed by atoms with van der Waals surface area (Å²) in [5, 5.41) is 20.0. The molecule has 3 rings (SSSR count). The average molecular weight is 316 g/mol. The number of phenolic OH excluding ortho intramolecular Hbond substituents is 1. The number of phenols is 1. The third kappa shape index (κ3) is 3.07. The highest BCUT2D eigenvalue weighted by Gasteiger charge is 2.31. The van der Waals surface area contributed by atoms with Gasteiger partial charge >= 0.3 is 5.97 Å². The molecule has 2 atom stereocenters. The Morgan fingerprint density at radius 3 is 2.87 bits per heavy atom. The summed E-state index contributed by atoms with van der Waals surface area (Å²) in [6, 6.07) is 11.0. The van der Waals surface area contributed by atoms with Gasteiger partial charge in [0.05, 0.1) is 12.7 Å². The minimum absolute atomic E-state index is 0.0414. The van der Waals surface area contributed by atoms with Crippen LogP contribution in [0, 0.1) is 0 Å². The van der Waals surface area contributed by atoms with E-state index in [4.69, 9.17) is 9.47 Å². The van der Waals surface area contributed by atoms with Gasteiger partial charge < -0.3 is 24.4 Å². The van der Waals surface area contributed by atoms with Gasteiger partial charge in [-0.2, -0.15) is 0 Å². The van der Waals surface area contributed by atoms with Crippen molar-refractivity contribution in [1.29, 1.82) is 0 Å². The van der Waals surface area contributed by atoms with Crippen molar-refractivity contribution in [3.05, 3.63) is 53.6 Å². The molecule has 23 heavy (non-hydrogen) atoms. The summed E-state index contributed by atoms with van der Waals surface area (Å²) in [5.74, 6) is 0.508. The number of ether oxygens (including phenoxy) is 3. The zero-order valence-corrected chi connectivity index (χ0v) is 12.4. The molecule has 1 heterocycles. The zero-order valence-electron chi connectivity index (χ0n) is 12.4. The third-order valence-corrected chi connectivity index (χ3v) is 3.61. The lowest BCUT2D eigenvalue weighted by molar-refractivity contribution is -0.0104. The summed E-state index contributed by atoms with van der Waals surface area (Å²) in [6.07, 6.45) is -1.61. The molecule has 6 nitrogen and oxygen atoms in total. The molecule has 2 aromatic rings. The Bertz CT molecular complexity index is 727. The zero-order chi connectivity index (χ0) is 16.4. The molecule has 0 bridgehead atoms. The number of rotatable bonds is 3. The fourth-order valence-electron chi connectivity index (χ4n) is 2.45. The predicted octanol–water partition coefficient (Wildman–Crippen LogP) is 2.05. The number of hydrogen-bond donors (Lipinski definition) is 2. The number of aliphatic hydroxyl groups is 1. The van der Waals surface area contributed by atoms with Gasteiger partial charge in [0.1, 0.15) is 30.0 Å². The van der Waals surface area contributed by atoms with E-state index in [1.807, 2.05) is 0 Å². The molecule has 0 unspecified atom stereocenters. The van der Waals surface area contributed by atoms with Gasteiger partial charge in [0.15, 0.2) is 6.10 Å². The Hall–Kier alpha value is -2.73. The van der Waals surface area contributed by atoms with Crippen LogP contribution in [0.15, 0.2) is 42.5 Å². The highest BCUT2D eigenvalue weighted by Crippen LogP contribution is 2.36.